The van der Waals surface area contributed by atoms with E-state index in [1.807, 2.05) is 42.5 Å². The first-order chi connectivity index (χ1) is 7.77. The molecule has 0 heterocycles. The van der Waals surface area contributed by atoms with Crippen molar-refractivity contribution in [2.24, 2.45) is 0 Å². The second-order valence-electron chi connectivity index (χ2n) is 3.54. The first kappa shape index (κ1) is 11.0. The van der Waals surface area contributed by atoms with Crippen LogP contribution in [0.25, 0.3) is 0 Å². The van der Waals surface area contributed by atoms with Crippen molar-refractivity contribution < 1.29 is 0 Å². The largest absolute Gasteiger partial charge is 0.0619 e. The third-order valence-electron chi connectivity index (χ3n) is 2.35. The lowest BCUT2D eigenvalue weighted by Crippen LogP contribution is -1.81. The van der Waals surface area contributed by atoms with Crippen LogP contribution in [0.1, 0.15) is 16.7 Å². The van der Waals surface area contributed by atoms with Gasteiger partial charge in [0.15, 0.2) is 0 Å². The van der Waals surface area contributed by atoms with E-state index in [0.29, 0.717) is 0 Å². The van der Waals surface area contributed by atoms with E-state index in [0.717, 1.165) is 15.6 Å². The van der Waals surface area contributed by atoms with E-state index < -0.39 is 0 Å². The minimum absolute atomic E-state index is 1.02. The molecule has 0 spiro atoms. The van der Waals surface area contributed by atoms with Gasteiger partial charge in [0, 0.05) is 15.6 Å². The van der Waals surface area contributed by atoms with E-state index >= 15 is 0 Å². The minimum atomic E-state index is 1.02. The molecule has 0 aliphatic heterocycles. The standard InChI is InChI=1S/C15H11Br/c1-12-6-2-3-7-13(12)10-11-14-8-4-5-9-15(14)16/h2-9H,1H3. The molecule has 0 amide bonds. The number of hydrogen-bond donors (Lipinski definition) is 0. The molecule has 1 heteroatoms. The molecule has 2 aromatic carbocycles. The van der Waals surface area contributed by atoms with Crippen LogP contribution in [-0.2, 0) is 0 Å². The summed E-state index contributed by atoms with van der Waals surface area (Å²) in [6.07, 6.45) is 0. The molecular weight excluding hydrogens is 260 g/mol. The van der Waals surface area contributed by atoms with E-state index in [-0.39, 0.29) is 0 Å². The van der Waals surface area contributed by atoms with Gasteiger partial charge in [0.25, 0.3) is 0 Å². The third kappa shape index (κ3) is 2.53. The molecule has 0 atom stereocenters. The van der Waals surface area contributed by atoms with E-state index in [1.54, 1.807) is 0 Å². The summed E-state index contributed by atoms with van der Waals surface area (Å²) >= 11 is 3.49. The maximum absolute atomic E-state index is 3.49. The molecule has 0 nitrogen and oxygen atoms in total. The first-order valence-corrected chi connectivity index (χ1v) is 5.89. The molecule has 0 saturated heterocycles. The molecule has 0 bridgehead atoms. The Bertz CT molecular complexity index is 509. The summed E-state index contributed by atoms with van der Waals surface area (Å²) in [5.41, 5.74) is 3.31. The summed E-state index contributed by atoms with van der Waals surface area (Å²) in [5.74, 6) is 6.36. The smallest absolute Gasteiger partial charge is 0.0391 e. The van der Waals surface area contributed by atoms with Crippen LogP contribution in [0, 0.1) is 18.8 Å². The molecule has 0 aliphatic carbocycles. The van der Waals surface area contributed by atoms with Crippen LogP contribution < -0.4 is 0 Å². The monoisotopic (exact) mass is 270 g/mol. The molecule has 0 N–H and O–H groups in total. The van der Waals surface area contributed by atoms with Crippen LogP contribution in [0.3, 0.4) is 0 Å². The Balaban J connectivity index is 2.36. The van der Waals surface area contributed by atoms with Gasteiger partial charge in [-0.1, -0.05) is 42.2 Å². The fraction of sp³-hybridized carbons (Fsp3) is 0.0667. The number of halogens is 1. The Morgan fingerprint density at radius 1 is 0.812 bits per heavy atom. The molecule has 0 fully saturated rings. The highest BCUT2D eigenvalue weighted by atomic mass is 79.9. The summed E-state index contributed by atoms with van der Waals surface area (Å²) < 4.78 is 1.04. The predicted molar refractivity (Wildman–Crippen MR) is 71.3 cm³/mol. The summed E-state index contributed by atoms with van der Waals surface area (Å²) in [5, 5.41) is 0. The van der Waals surface area contributed by atoms with Crippen LogP contribution in [0.5, 0.6) is 0 Å². The molecule has 0 aliphatic rings. The molecule has 78 valence electrons. The van der Waals surface area contributed by atoms with Crippen LogP contribution in [0.4, 0.5) is 0 Å². The van der Waals surface area contributed by atoms with Crippen LogP contribution in [0.2, 0.25) is 0 Å². The Morgan fingerprint density at radius 3 is 2.06 bits per heavy atom. The van der Waals surface area contributed by atoms with E-state index in [2.05, 4.69) is 40.8 Å². The first-order valence-electron chi connectivity index (χ1n) is 5.09. The molecular formula is C15H11Br. The highest BCUT2D eigenvalue weighted by Gasteiger charge is 1.94. The maximum atomic E-state index is 3.49. The molecule has 0 radical (unpaired) electrons. The van der Waals surface area contributed by atoms with E-state index in [4.69, 9.17) is 0 Å². The Hall–Kier alpha value is -1.52. The van der Waals surface area contributed by atoms with Crippen molar-refractivity contribution in [3.63, 3.8) is 0 Å². The number of hydrogen-bond acceptors (Lipinski definition) is 0. The topological polar surface area (TPSA) is 0 Å². The lowest BCUT2D eigenvalue weighted by atomic mass is 10.1. The van der Waals surface area contributed by atoms with Gasteiger partial charge in [0.05, 0.1) is 0 Å². The zero-order valence-electron chi connectivity index (χ0n) is 9.00. The van der Waals surface area contributed by atoms with Crippen LogP contribution in [-0.4, -0.2) is 0 Å². The zero-order chi connectivity index (χ0) is 11.4. The molecule has 2 aromatic rings. The normalized spacial score (nSPS) is 9.38. The summed E-state index contributed by atoms with van der Waals surface area (Å²) in [4.78, 5) is 0. The summed E-state index contributed by atoms with van der Waals surface area (Å²) in [6.45, 7) is 2.07. The van der Waals surface area contributed by atoms with Crippen LogP contribution >= 0.6 is 15.9 Å². The Morgan fingerprint density at radius 2 is 1.38 bits per heavy atom. The van der Waals surface area contributed by atoms with E-state index in [9.17, 15) is 0 Å². The van der Waals surface area contributed by atoms with Crippen molar-refractivity contribution in [3.8, 4) is 11.8 Å². The van der Waals surface area contributed by atoms with Crippen molar-refractivity contribution in [2.75, 3.05) is 0 Å². The van der Waals surface area contributed by atoms with Gasteiger partial charge in [-0.15, -0.1) is 0 Å². The molecule has 2 rings (SSSR count). The van der Waals surface area contributed by atoms with Gasteiger partial charge in [-0.3, -0.25) is 0 Å². The van der Waals surface area contributed by atoms with Gasteiger partial charge in [0.2, 0.25) is 0 Å². The quantitative estimate of drug-likeness (QED) is 0.631. The van der Waals surface area contributed by atoms with Crippen molar-refractivity contribution in [3.05, 3.63) is 69.7 Å². The summed E-state index contributed by atoms with van der Waals surface area (Å²) in [6, 6.07) is 16.1. The fourth-order valence-electron chi connectivity index (χ4n) is 1.41. The van der Waals surface area contributed by atoms with Crippen LogP contribution in [0.15, 0.2) is 53.0 Å². The second-order valence-corrected chi connectivity index (χ2v) is 4.40. The highest BCUT2D eigenvalue weighted by molar-refractivity contribution is 9.10. The summed E-state index contributed by atoms with van der Waals surface area (Å²) in [7, 11) is 0. The molecule has 16 heavy (non-hydrogen) atoms. The SMILES string of the molecule is Cc1ccccc1C#Cc1ccccc1Br. The van der Waals surface area contributed by atoms with E-state index in [1.165, 1.54) is 5.56 Å². The van der Waals surface area contributed by atoms with Gasteiger partial charge in [0.1, 0.15) is 0 Å². The Kier molecular flexibility index (Phi) is 3.44. The van der Waals surface area contributed by atoms with Gasteiger partial charge in [-0.2, -0.15) is 0 Å². The fourth-order valence-corrected chi connectivity index (χ4v) is 1.79. The third-order valence-corrected chi connectivity index (χ3v) is 3.04. The highest BCUT2D eigenvalue weighted by Crippen LogP contribution is 2.14. The lowest BCUT2D eigenvalue weighted by molar-refractivity contribution is 1.44. The van der Waals surface area contributed by atoms with Gasteiger partial charge < -0.3 is 0 Å². The van der Waals surface area contributed by atoms with Crippen molar-refractivity contribution >= 4 is 15.9 Å². The second kappa shape index (κ2) is 5.01. The molecule has 0 unspecified atom stereocenters. The average Bonchev–Trinajstić information content (AvgIpc) is 2.30. The van der Waals surface area contributed by atoms with Crippen molar-refractivity contribution in [1.29, 1.82) is 0 Å². The van der Waals surface area contributed by atoms with Crippen molar-refractivity contribution in [1.82, 2.24) is 0 Å². The average molecular weight is 271 g/mol. The number of aryl methyl sites for hydroxylation is 1. The molecule has 0 aromatic heterocycles. The number of benzene rings is 2. The number of rotatable bonds is 0. The minimum Gasteiger partial charge on any atom is -0.0619 e. The van der Waals surface area contributed by atoms with Crippen molar-refractivity contribution in [2.45, 2.75) is 6.92 Å². The van der Waals surface area contributed by atoms with Gasteiger partial charge >= 0.3 is 0 Å². The Labute approximate surface area is 104 Å². The molecule has 0 saturated carbocycles. The zero-order valence-corrected chi connectivity index (χ0v) is 10.6. The van der Waals surface area contributed by atoms with Gasteiger partial charge in [-0.25, -0.2) is 0 Å². The van der Waals surface area contributed by atoms with Gasteiger partial charge in [-0.05, 0) is 46.6 Å². The predicted octanol–water partition coefficient (Wildman–Crippen LogP) is 4.16. The lowest BCUT2D eigenvalue weighted by Gasteiger charge is -1.96. The maximum Gasteiger partial charge on any atom is 0.0391 e.